The lowest BCUT2D eigenvalue weighted by Crippen LogP contribution is -2.45. The van der Waals surface area contributed by atoms with Crippen LogP contribution in [0.1, 0.15) is 46.5 Å². The number of piperidine rings is 1. The quantitative estimate of drug-likeness (QED) is 0.769. The summed E-state index contributed by atoms with van der Waals surface area (Å²) in [6.45, 7) is 6.53. The Morgan fingerprint density at radius 1 is 1.47 bits per heavy atom. The Balaban J connectivity index is 2.60. The van der Waals surface area contributed by atoms with E-state index in [1.165, 1.54) is 6.42 Å². The van der Waals surface area contributed by atoms with Gasteiger partial charge in [-0.3, -0.25) is 0 Å². The molecule has 0 radical (unpaired) electrons. The van der Waals surface area contributed by atoms with E-state index in [0.29, 0.717) is 0 Å². The summed E-state index contributed by atoms with van der Waals surface area (Å²) in [5.74, 6) is 0. The number of carbonyl (C=O) groups is 1. The number of likely N-dealkylation sites (tertiary alicyclic amines) is 1. The van der Waals surface area contributed by atoms with Gasteiger partial charge in [0, 0.05) is 12.6 Å². The first-order chi connectivity index (χ1) is 7.94. The summed E-state index contributed by atoms with van der Waals surface area (Å²) in [5.41, 5.74) is -0.412. The van der Waals surface area contributed by atoms with E-state index in [1.807, 2.05) is 36.7 Å². The number of nitrogens with zero attached hydrogens (tertiary/aromatic N) is 1. The number of halogens is 1. The topological polar surface area (TPSA) is 29.5 Å². The van der Waals surface area contributed by atoms with Crippen LogP contribution in [0.4, 0.5) is 4.79 Å². The van der Waals surface area contributed by atoms with E-state index >= 15 is 0 Å². The zero-order chi connectivity index (χ0) is 12.9. The van der Waals surface area contributed by atoms with Crippen molar-refractivity contribution in [3.63, 3.8) is 0 Å². The van der Waals surface area contributed by atoms with Crippen molar-refractivity contribution in [2.24, 2.45) is 0 Å². The summed E-state index contributed by atoms with van der Waals surface area (Å²) in [6.07, 6.45) is 6.10. The van der Waals surface area contributed by atoms with E-state index in [4.69, 9.17) is 4.74 Å². The molecule has 1 heterocycles. The van der Waals surface area contributed by atoms with Gasteiger partial charge in [0.1, 0.15) is 5.60 Å². The maximum atomic E-state index is 12.1. The molecule has 0 aromatic heterocycles. The third-order valence-corrected chi connectivity index (χ3v) is 3.13. The van der Waals surface area contributed by atoms with Gasteiger partial charge in [-0.05, 0) is 51.4 Å². The molecule has 1 fully saturated rings. The molecule has 0 aromatic rings. The second-order valence-corrected chi connectivity index (χ2v) is 5.95. The van der Waals surface area contributed by atoms with Crippen molar-refractivity contribution in [1.82, 2.24) is 4.90 Å². The van der Waals surface area contributed by atoms with Crippen LogP contribution in [0.25, 0.3) is 0 Å². The summed E-state index contributed by atoms with van der Waals surface area (Å²) in [5, 5.41) is 0. The fourth-order valence-electron chi connectivity index (χ4n) is 2.02. The third-order valence-electron chi connectivity index (χ3n) is 2.75. The van der Waals surface area contributed by atoms with Gasteiger partial charge in [-0.1, -0.05) is 22.0 Å². The van der Waals surface area contributed by atoms with Crippen LogP contribution in [0.2, 0.25) is 0 Å². The van der Waals surface area contributed by atoms with Gasteiger partial charge in [-0.2, -0.15) is 0 Å². The molecule has 1 unspecified atom stereocenters. The highest BCUT2D eigenvalue weighted by Gasteiger charge is 2.29. The molecular formula is C13H22BrNO2. The van der Waals surface area contributed by atoms with Crippen LogP contribution < -0.4 is 0 Å². The lowest BCUT2D eigenvalue weighted by atomic mass is 10.00. The van der Waals surface area contributed by atoms with E-state index in [2.05, 4.69) is 15.9 Å². The predicted octanol–water partition coefficient (Wildman–Crippen LogP) is 4.07. The molecule has 0 spiro atoms. The Morgan fingerprint density at radius 3 is 2.76 bits per heavy atom. The number of hydrogen-bond acceptors (Lipinski definition) is 2. The SMILES string of the molecule is CC(C)(C)OC(=O)N1CCCCC1C/C=C\Br. The van der Waals surface area contributed by atoms with Gasteiger partial charge in [0.2, 0.25) is 0 Å². The number of hydrogen-bond donors (Lipinski definition) is 0. The second kappa shape index (κ2) is 6.43. The van der Waals surface area contributed by atoms with Crippen LogP contribution in [-0.4, -0.2) is 29.2 Å². The zero-order valence-corrected chi connectivity index (χ0v) is 12.5. The summed E-state index contributed by atoms with van der Waals surface area (Å²) >= 11 is 3.27. The molecule has 3 nitrogen and oxygen atoms in total. The molecule has 0 aliphatic carbocycles. The van der Waals surface area contributed by atoms with E-state index in [9.17, 15) is 4.79 Å². The van der Waals surface area contributed by atoms with Gasteiger partial charge in [0.15, 0.2) is 0 Å². The summed E-state index contributed by atoms with van der Waals surface area (Å²) < 4.78 is 5.44. The first kappa shape index (κ1) is 14.6. The van der Waals surface area contributed by atoms with E-state index < -0.39 is 5.60 Å². The molecule has 4 heteroatoms. The van der Waals surface area contributed by atoms with Crippen molar-refractivity contribution < 1.29 is 9.53 Å². The van der Waals surface area contributed by atoms with Crippen molar-refractivity contribution in [2.75, 3.05) is 6.54 Å². The van der Waals surface area contributed by atoms with Crippen molar-refractivity contribution in [2.45, 2.75) is 58.1 Å². The van der Waals surface area contributed by atoms with Gasteiger partial charge in [-0.15, -0.1) is 0 Å². The largest absolute Gasteiger partial charge is 0.444 e. The van der Waals surface area contributed by atoms with Crippen molar-refractivity contribution in [1.29, 1.82) is 0 Å². The molecule has 1 amide bonds. The zero-order valence-electron chi connectivity index (χ0n) is 10.9. The minimum Gasteiger partial charge on any atom is -0.444 e. The van der Waals surface area contributed by atoms with Crippen LogP contribution >= 0.6 is 15.9 Å². The Morgan fingerprint density at radius 2 is 2.18 bits per heavy atom. The standard InChI is InChI=1S/C13H22BrNO2/c1-13(2,3)17-12(16)15-10-5-4-7-11(15)8-6-9-14/h6,9,11H,4-5,7-8,10H2,1-3H3/b9-6-. The lowest BCUT2D eigenvalue weighted by Gasteiger charge is -2.36. The minimum absolute atomic E-state index is 0.176. The van der Waals surface area contributed by atoms with Crippen molar-refractivity contribution in [3.05, 3.63) is 11.1 Å². The van der Waals surface area contributed by atoms with Gasteiger partial charge in [-0.25, -0.2) is 4.79 Å². The lowest BCUT2D eigenvalue weighted by molar-refractivity contribution is 0.0102. The first-order valence-corrected chi connectivity index (χ1v) is 7.10. The molecule has 98 valence electrons. The Kier molecular flexibility index (Phi) is 5.50. The van der Waals surface area contributed by atoms with Gasteiger partial charge >= 0.3 is 6.09 Å². The number of ether oxygens (including phenoxy) is 1. The summed E-state index contributed by atoms with van der Waals surface area (Å²) in [7, 11) is 0. The summed E-state index contributed by atoms with van der Waals surface area (Å²) in [6, 6.07) is 0.285. The number of carbonyl (C=O) groups excluding carboxylic acids is 1. The Hall–Kier alpha value is -0.510. The predicted molar refractivity (Wildman–Crippen MR) is 73.3 cm³/mol. The molecule has 0 N–H and O–H groups in total. The van der Waals surface area contributed by atoms with Crippen LogP contribution in [0, 0.1) is 0 Å². The fraction of sp³-hybridized carbons (Fsp3) is 0.769. The Bertz CT molecular complexity index is 284. The molecule has 0 saturated carbocycles. The molecule has 1 rings (SSSR count). The molecule has 0 aromatic carbocycles. The molecule has 1 aliphatic heterocycles. The average Bonchev–Trinajstić information content (AvgIpc) is 2.24. The van der Waals surface area contributed by atoms with Gasteiger partial charge in [0.05, 0.1) is 0 Å². The number of rotatable bonds is 2. The maximum absolute atomic E-state index is 12.1. The highest BCUT2D eigenvalue weighted by molar-refractivity contribution is 9.11. The molecule has 1 saturated heterocycles. The highest BCUT2D eigenvalue weighted by Crippen LogP contribution is 2.22. The van der Waals surface area contributed by atoms with Crippen LogP contribution in [0.5, 0.6) is 0 Å². The van der Waals surface area contributed by atoms with E-state index in [0.717, 1.165) is 25.8 Å². The Labute approximate surface area is 112 Å². The summed E-state index contributed by atoms with van der Waals surface area (Å²) in [4.78, 5) is 15.8. The third kappa shape index (κ3) is 5.11. The smallest absolute Gasteiger partial charge is 0.410 e. The molecule has 1 aliphatic rings. The first-order valence-electron chi connectivity index (χ1n) is 6.19. The fourth-order valence-corrected chi connectivity index (χ4v) is 2.23. The average molecular weight is 304 g/mol. The van der Waals surface area contributed by atoms with Crippen LogP contribution in [0.15, 0.2) is 11.1 Å². The second-order valence-electron chi connectivity index (χ2n) is 5.42. The van der Waals surface area contributed by atoms with Crippen LogP contribution in [0.3, 0.4) is 0 Å². The maximum Gasteiger partial charge on any atom is 0.410 e. The van der Waals surface area contributed by atoms with Gasteiger partial charge in [0.25, 0.3) is 0 Å². The van der Waals surface area contributed by atoms with Crippen molar-refractivity contribution in [3.8, 4) is 0 Å². The molecular weight excluding hydrogens is 282 g/mol. The molecule has 17 heavy (non-hydrogen) atoms. The van der Waals surface area contributed by atoms with E-state index in [1.54, 1.807) is 0 Å². The van der Waals surface area contributed by atoms with Crippen molar-refractivity contribution >= 4 is 22.0 Å². The minimum atomic E-state index is -0.412. The monoisotopic (exact) mass is 303 g/mol. The van der Waals surface area contributed by atoms with E-state index in [-0.39, 0.29) is 12.1 Å². The number of amides is 1. The van der Waals surface area contributed by atoms with Gasteiger partial charge < -0.3 is 9.64 Å². The normalized spacial score (nSPS) is 21.9. The highest BCUT2D eigenvalue weighted by atomic mass is 79.9. The molecule has 1 atom stereocenters. The van der Waals surface area contributed by atoms with Crippen LogP contribution in [-0.2, 0) is 4.74 Å². The molecule has 0 bridgehead atoms.